The third-order valence-electron chi connectivity index (χ3n) is 7.24. The average Bonchev–Trinajstić information content (AvgIpc) is 3.22. The number of para-hydroxylation sites is 1. The molecular weight excluding hydrogens is 521 g/mol. The number of pyridine rings is 1. The molecule has 1 aliphatic rings. The van der Waals surface area contributed by atoms with Crippen LogP contribution in [0.2, 0.25) is 0 Å². The molecule has 0 fully saturated rings. The van der Waals surface area contributed by atoms with Crippen molar-refractivity contribution >= 4 is 11.6 Å². The van der Waals surface area contributed by atoms with Gasteiger partial charge in [-0.25, -0.2) is 24.1 Å². The lowest BCUT2D eigenvalue weighted by atomic mass is 9.84. The fourth-order valence-electron chi connectivity index (χ4n) is 5.23. The highest BCUT2D eigenvalue weighted by Crippen LogP contribution is 2.36. The number of alkyl halides is 2. The molecule has 0 N–H and O–H groups in total. The van der Waals surface area contributed by atoms with Gasteiger partial charge in [0.1, 0.15) is 23.0 Å². The van der Waals surface area contributed by atoms with Gasteiger partial charge >= 0.3 is 12.6 Å². The Balaban J connectivity index is 1.42. The summed E-state index contributed by atoms with van der Waals surface area (Å²) in [6.07, 6.45) is 7.07. The van der Waals surface area contributed by atoms with E-state index in [4.69, 9.17) is 4.74 Å². The van der Waals surface area contributed by atoms with Gasteiger partial charge in [-0.15, -0.1) is 0 Å². The summed E-state index contributed by atoms with van der Waals surface area (Å²) >= 11 is 0. The summed E-state index contributed by atoms with van der Waals surface area (Å²) < 4.78 is 52.7. The Labute approximate surface area is 229 Å². The fourth-order valence-corrected chi connectivity index (χ4v) is 5.23. The molecule has 0 bridgehead atoms. The zero-order valence-corrected chi connectivity index (χ0v) is 22.5. The molecule has 0 saturated carbocycles. The number of esters is 1. The van der Waals surface area contributed by atoms with Crippen LogP contribution in [-0.4, -0.2) is 38.5 Å². The van der Waals surface area contributed by atoms with Gasteiger partial charge in [0.25, 0.3) is 0 Å². The monoisotopic (exact) mass is 550 g/mol. The SMILES string of the molecule is CCOC(=O)C1=C(C)CC(c2ncc(-c3cn4c(Cc5ccccc5OC(F)F)c(C)nc4cc3F)cn2)CC1. The van der Waals surface area contributed by atoms with Gasteiger partial charge in [0.15, 0.2) is 0 Å². The molecule has 0 amide bonds. The standard InChI is InChI=1S/C30H29F3N4O3/c1-4-39-29(38)22-10-9-20(11-17(22)2)28-34-14-21(15-35-28)23-16-37-25(18(3)36-27(37)13-24(23)31)12-19-7-5-6-8-26(19)40-30(32)33/h5-8,13-16,20,30H,4,9-12H2,1-3H3. The summed E-state index contributed by atoms with van der Waals surface area (Å²) in [6.45, 7) is 2.91. The largest absolute Gasteiger partial charge is 0.463 e. The van der Waals surface area contributed by atoms with E-state index in [0.29, 0.717) is 53.3 Å². The number of aromatic nitrogens is 4. The molecular formula is C30H29F3N4O3. The molecule has 0 saturated heterocycles. The molecule has 0 spiro atoms. The van der Waals surface area contributed by atoms with Gasteiger partial charge in [-0.2, -0.15) is 8.78 Å². The minimum atomic E-state index is -2.94. The van der Waals surface area contributed by atoms with Crippen molar-refractivity contribution in [3.05, 3.63) is 88.7 Å². The highest BCUT2D eigenvalue weighted by molar-refractivity contribution is 5.89. The van der Waals surface area contributed by atoms with Crippen molar-refractivity contribution in [3.8, 4) is 16.9 Å². The van der Waals surface area contributed by atoms with E-state index in [0.717, 1.165) is 23.3 Å². The van der Waals surface area contributed by atoms with Gasteiger partial charge < -0.3 is 13.9 Å². The fraction of sp³-hybridized carbons (Fsp3) is 0.333. The molecule has 7 nitrogen and oxygen atoms in total. The van der Waals surface area contributed by atoms with Gasteiger partial charge in [0.2, 0.25) is 0 Å². The van der Waals surface area contributed by atoms with Crippen molar-refractivity contribution in [1.82, 2.24) is 19.4 Å². The maximum absolute atomic E-state index is 15.2. The third-order valence-corrected chi connectivity index (χ3v) is 7.24. The van der Waals surface area contributed by atoms with E-state index in [-0.39, 0.29) is 24.1 Å². The normalized spacial score (nSPS) is 15.6. The Morgan fingerprint density at radius 3 is 2.62 bits per heavy atom. The van der Waals surface area contributed by atoms with Crippen molar-refractivity contribution in [3.63, 3.8) is 0 Å². The number of halogens is 3. The topological polar surface area (TPSA) is 78.6 Å². The second kappa shape index (κ2) is 11.5. The van der Waals surface area contributed by atoms with E-state index in [1.807, 2.05) is 6.92 Å². The number of nitrogens with zero attached hydrogens (tertiary/aromatic N) is 4. The van der Waals surface area contributed by atoms with Crippen LogP contribution in [-0.2, 0) is 16.0 Å². The molecule has 1 unspecified atom stereocenters. The molecule has 3 aromatic heterocycles. The smallest absolute Gasteiger partial charge is 0.387 e. The molecule has 3 heterocycles. The van der Waals surface area contributed by atoms with Gasteiger partial charge in [-0.3, -0.25) is 0 Å². The number of carbonyl (C=O) groups excluding carboxylic acids is 1. The number of carbonyl (C=O) groups is 1. The Bertz CT molecular complexity index is 1580. The first-order valence-electron chi connectivity index (χ1n) is 13.1. The first-order valence-corrected chi connectivity index (χ1v) is 13.1. The number of rotatable bonds is 8. The number of hydrogen-bond donors (Lipinski definition) is 0. The molecule has 208 valence electrons. The lowest BCUT2D eigenvalue weighted by Crippen LogP contribution is -2.17. The van der Waals surface area contributed by atoms with Crippen LogP contribution in [0.1, 0.15) is 61.8 Å². The van der Waals surface area contributed by atoms with Gasteiger partial charge in [0, 0.05) is 65.0 Å². The maximum atomic E-state index is 15.2. The van der Waals surface area contributed by atoms with E-state index in [2.05, 4.69) is 19.7 Å². The first-order chi connectivity index (χ1) is 19.2. The highest BCUT2D eigenvalue weighted by Gasteiger charge is 2.26. The number of hydrogen-bond acceptors (Lipinski definition) is 6. The molecule has 10 heteroatoms. The summed E-state index contributed by atoms with van der Waals surface area (Å²) in [6, 6.07) is 7.92. The second-order valence-corrected chi connectivity index (χ2v) is 9.82. The van der Waals surface area contributed by atoms with E-state index in [9.17, 15) is 13.6 Å². The van der Waals surface area contributed by atoms with Crippen LogP contribution in [0, 0.1) is 12.7 Å². The number of imidazole rings is 1. The summed E-state index contributed by atoms with van der Waals surface area (Å²) in [5.41, 5.74) is 4.83. The molecule has 5 rings (SSSR count). The number of benzene rings is 1. The van der Waals surface area contributed by atoms with Crippen LogP contribution in [0.25, 0.3) is 16.8 Å². The van der Waals surface area contributed by atoms with Crippen LogP contribution >= 0.6 is 0 Å². The van der Waals surface area contributed by atoms with Crippen molar-refractivity contribution in [2.75, 3.05) is 6.61 Å². The lowest BCUT2D eigenvalue weighted by Gasteiger charge is -2.23. The van der Waals surface area contributed by atoms with E-state index >= 15 is 4.39 Å². The van der Waals surface area contributed by atoms with Gasteiger partial charge in [-0.05, 0) is 46.1 Å². The van der Waals surface area contributed by atoms with Crippen molar-refractivity contribution in [1.29, 1.82) is 0 Å². The molecule has 1 aromatic carbocycles. The van der Waals surface area contributed by atoms with Crippen LogP contribution in [0.5, 0.6) is 5.75 Å². The van der Waals surface area contributed by atoms with Gasteiger partial charge in [0.05, 0.1) is 12.3 Å². The average molecular weight is 551 g/mol. The van der Waals surface area contributed by atoms with Crippen molar-refractivity contribution in [2.24, 2.45) is 0 Å². The maximum Gasteiger partial charge on any atom is 0.387 e. The zero-order valence-electron chi connectivity index (χ0n) is 22.5. The summed E-state index contributed by atoms with van der Waals surface area (Å²) in [4.78, 5) is 25.7. The van der Waals surface area contributed by atoms with Crippen LogP contribution in [0.3, 0.4) is 0 Å². The van der Waals surface area contributed by atoms with E-state index < -0.39 is 12.4 Å². The number of fused-ring (bicyclic) bond motifs is 1. The molecule has 0 aliphatic heterocycles. The molecule has 0 radical (unpaired) electrons. The van der Waals surface area contributed by atoms with Crippen molar-refractivity contribution in [2.45, 2.75) is 59.0 Å². The zero-order chi connectivity index (χ0) is 28.4. The van der Waals surface area contributed by atoms with Gasteiger partial charge in [-0.1, -0.05) is 23.8 Å². The van der Waals surface area contributed by atoms with Crippen LogP contribution < -0.4 is 4.74 Å². The first kappa shape index (κ1) is 27.4. The predicted octanol–water partition coefficient (Wildman–Crippen LogP) is 6.58. The van der Waals surface area contributed by atoms with E-state index in [1.54, 1.807) is 55.0 Å². The molecule has 40 heavy (non-hydrogen) atoms. The molecule has 1 aliphatic carbocycles. The summed E-state index contributed by atoms with van der Waals surface area (Å²) in [7, 11) is 0. The summed E-state index contributed by atoms with van der Waals surface area (Å²) in [5, 5.41) is 0. The van der Waals surface area contributed by atoms with E-state index in [1.165, 1.54) is 12.1 Å². The lowest BCUT2D eigenvalue weighted by molar-refractivity contribution is -0.138. The quantitative estimate of drug-likeness (QED) is 0.231. The minimum Gasteiger partial charge on any atom is -0.463 e. The molecule has 4 aromatic rings. The number of aryl methyl sites for hydroxylation is 1. The Morgan fingerprint density at radius 2 is 1.93 bits per heavy atom. The Hall–Kier alpha value is -4.21. The van der Waals surface area contributed by atoms with Crippen LogP contribution in [0.4, 0.5) is 13.2 Å². The number of allylic oxidation sites excluding steroid dienone is 1. The summed E-state index contributed by atoms with van der Waals surface area (Å²) in [5.74, 6) is 0.0395. The van der Waals surface area contributed by atoms with Crippen molar-refractivity contribution < 1.29 is 27.4 Å². The third kappa shape index (κ3) is 5.57. The Morgan fingerprint density at radius 1 is 1.18 bits per heavy atom. The second-order valence-electron chi connectivity index (χ2n) is 9.82. The predicted molar refractivity (Wildman–Crippen MR) is 143 cm³/mol. The molecule has 1 atom stereocenters. The highest BCUT2D eigenvalue weighted by atomic mass is 19.3. The minimum absolute atomic E-state index is 0.0537. The van der Waals surface area contributed by atoms with Crippen LogP contribution in [0.15, 0.2) is 60.1 Å². The number of ether oxygens (including phenoxy) is 2. The Kier molecular flexibility index (Phi) is 7.86.